The number of aryl methyl sites for hydroxylation is 1. The Morgan fingerprint density at radius 1 is 1.12 bits per heavy atom. The number of carbonyl (C=O) groups excluding carboxylic acids is 3. The van der Waals surface area contributed by atoms with E-state index in [0.717, 1.165) is 38.2 Å². The average molecular weight is 476 g/mol. The van der Waals surface area contributed by atoms with E-state index in [1.54, 1.807) is 24.5 Å². The highest BCUT2D eigenvalue weighted by atomic mass is 32.2. The van der Waals surface area contributed by atoms with E-state index in [9.17, 15) is 14.4 Å². The largest absolute Gasteiger partial charge is 0.350 e. The third-order valence-electron chi connectivity index (χ3n) is 4.86. The second kappa shape index (κ2) is 10.4. The van der Waals surface area contributed by atoms with Crippen molar-refractivity contribution in [3.8, 4) is 0 Å². The molecule has 2 aromatic heterocycles. The van der Waals surface area contributed by atoms with Crippen molar-refractivity contribution in [3.63, 3.8) is 0 Å². The van der Waals surface area contributed by atoms with E-state index >= 15 is 0 Å². The fourth-order valence-electron chi connectivity index (χ4n) is 3.29. The molecular weight excluding hydrogens is 454 g/mol. The van der Waals surface area contributed by atoms with Gasteiger partial charge in [-0.1, -0.05) is 42.0 Å². The van der Waals surface area contributed by atoms with E-state index in [4.69, 9.17) is 0 Å². The monoisotopic (exact) mass is 475 g/mol. The van der Waals surface area contributed by atoms with Gasteiger partial charge in [-0.3, -0.25) is 24.3 Å². The van der Waals surface area contributed by atoms with Crippen LogP contribution >= 0.6 is 23.1 Å². The first-order valence-electron chi connectivity index (χ1n) is 10.3. The Balaban J connectivity index is 1.42. The first-order chi connectivity index (χ1) is 16.0. The van der Waals surface area contributed by atoms with E-state index in [2.05, 4.69) is 10.3 Å². The molecule has 6 nitrogen and oxygen atoms in total. The molecule has 1 fully saturated rings. The van der Waals surface area contributed by atoms with E-state index in [0.29, 0.717) is 10.5 Å². The van der Waals surface area contributed by atoms with Gasteiger partial charge in [0.05, 0.1) is 10.5 Å². The predicted octanol–water partition coefficient (Wildman–Crippen LogP) is 4.84. The maximum atomic E-state index is 13.0. The van der Waals surface area contributed by atoms with Crippen LogP contribution in [0.2, 0.25) is 0 Å². The number of hydrogen-bond acceptors (Lipinski definition) is 6. The lowest BCUT2D eigenvalue weighted by molar-refractivity contribution is -0.123. The minimum atomic E-state index is -0.364. The van der Waals surface area contributed by atoms with Crippen molar-refractivity contribution in [2.75, 3.05) is 13.1 Å². The van der Waals surface area contributed by atoms with Gasteiger partial charge in [-0.05, 0) is 59.5 Å². The summed E-state index contributed by atoms with van der Waals surface area (Å²) in [4.78, 5) is 44.4. The summed E-state index contributed by atoms with van der Waals surface area (Å²) < 4.78 is 0. The van der Waals surface area contributed by atoms with Gasteiger partial charge >= 0.3 is 0 Å². The number of imide groups is 1. The number of carbonyl (C=O) groups is 3. The van der Waals surface area contributed by atoms with Crippen LogP contribution in [0.25, 0.3) is 17.7 Å². The van der Waals surface area contributed by atoms with Crippen molar-refractivity contribution >= 4 is 57.9 Å². The molecule has 0 spiro atoms. The van der Waals surface area contributed by atoms with Crippen LogP contribution in [0.5, 0.6) is 0 Å². The Morgan fingerprint density at radius 3 is 2.70 bits per heavy atom. The second-order valence-electron chi connectivity index (χ2n) is 7.33. The van der Waals surface area contributed by atoms with E-state index in [1.165, 1.54) is 11.3 Å². The van der Waals surface area contributed by atoms with Gasteiger partial charge in [-0.25, -0.2) is 0 Å². The molecule has 0 radical (unpaired) electrons. The van der Waals surface area contributed by atoms with Crippen LogP contribution < -0.4 is 5.32 Å². The van der Waals surface area contributed by atoms with E-state index in [1.807, 2.05) is 60.8 Å². The van der Waals surface area contributed by atoms with Crippen molar-refractivity contribution in [2.24, 2.45) is 0 Å². The van der Waals surface area contributed by atoms with Gasteiger partial charge in [-0.15, -0.1) is 11.3 Å². The molecule has 4 rings (SSSR count). The predicted molar refractivity (Wildman–Crippen MR) is 133 cm³/mol. The Hall–Kier alpha value is -3.49. The summed E-state index contributed by atoms with van der Waals surface area (Å²) in [5.41, 5.74) is 3.33. The Labute approximate surface area is 200 Å². The van der Waals surface area contributed by atoms with Gasteiger partial charge < -0.3 is 5.32 Å². The molecule has 3 heterocycles. The highest BCUT2D eigenvalue weighted by molar-refractivity contribution is 8.18. The summed E-state index contributed by atoms with van der Waals surface area (Å²) in [5, 5.41) is 4.42. The van der Waals surface area contributed by atoms with Gasteiger partial charge in [0, 0.05) is 30.4 Å². The molecule has 3 aromatic rings. The first-order valence-corrected chi connectivity index (χ1v) is 12.0. The molecular formula is C25H21N3O3S2. The lowest BCUT2D eigenvalue weighted by Crippen LogP contribution is -2.37. The average Bonchev–Trinajstić information content (AvgIpc) is 3.42. The first kappa shape index (κ1) is 22.7. The van der Waals surface area contributed by atoms with E-state index < -0.39 is 0 Å². The molecule has 1 N–H and O–H groups in total. The molecule has 8 heteroatoms. The third-order valence-corrected chi connectivity index (χ3v) is 6.67. The second-order valence-corrected chi connectivity index (χ2v) is 9.27. The van der Waals surface area contributed by atoms with Gasteiger partial charge in [-0.2, -0.15) is 0 Å². The molecule has 0 bridgehead atoms. The fourth-order valence-corrected chi connectivity index (χ4v) is 4.89. The van der Waals surface area contributed by atoms with Crippen molar-refractivity contribution in [2.45, 2.75) is 6.92 Å². The van der Waals surface area contributed by atoms with Gasteiger partial charge in [0.25, 0.3) is 17.1 Å². The summed E-state index contributed by atoms with van der Waals surface area (Å²) >= 11 is 2.37. The standard InChI is InChI=1S/C25H21N3O3S2/c1-17-5-2-6-18(13-17)14-20(21-8-4-12-32-21)23(29)27-10-11-28-24(30)22(33-25(28)31)15-19-7-3-9-26-16-19/h2-9,12-16H,10-11H2,1H3,(H,27,29). The van der Waals surface area contributed by atoms with Gasteiger partial charge in [0.1, 0.15) is 0 Å². The molecule has 3 amide bonds. The van der Waals surface area contributed by atoms with Gasteiger partial charge in [0.2, 0.25) is 0 Å². The zero-order valence-corrected chi connectivity index (χ0v) is 19.5. The summed E-state index contributed by atoms with van der Waals surface area (Å²) in [6.45, 7) is 2.26. The molecule has 0 atom stereocenters. The number of benzene rings is 1. The minimum absolute atomic E-state index is 0.100. The number of nitrogens with one attached hydrogen (secondary N) is 1. The topological polar surface area (TPSA) is 79.4 Å². The number of nitrogens with zero attached hydrogens (tertiary/aromatic N) is 2. The quantitative estimate of drug-likeness (QED) is 0.495. The molecule has 0 unspecified atom stereocenters. The Morgan fingerprint density at radius 2 is 1.97 bits per heavy atom. The molecule has 0 aliphatic carbocycles. The summed E-state index contributed by atoms with van der Waals surface area (Å²) in [6, 6.07) is 15.3. The lowest BCUT2D eigenvalue weighted by atomic mass is 10.1. The van der Waals surface area contributed by atoms with Crippen molar-refractivity contribution < 1.29 is 14.4 Å². The molecule has 0 saturated carbocycles. The number of aromatic nitrogens is 1. The van der Waals surface area contributed by atoms with Gasteiger partial charge in [0.15, 0.2) is 0 Å². The van der Waals surface area contributed by atoms with Crippen molar-refractivity contribution in [3.05, 3.63) is 92.8 Å². The fraction of sp³-hybridized carbons (Fsp3) is 0.120. The van der Waals surface area contributed by atoms with Crippen molar-refractivity contribution in [1.29, 1.82) is 0 Å². The van der Waals surface area contributed by atoms with E-state index in [-0.39, 0.29) is 30.1 Å². The Kier molecular flexibility index (Phi) is 7.16. The molecule has 33 heavy (non-hydrogen) atoms. The van der Waals surface area contributed by atoms with Crippen LogP contribution in [0.4, 0.5) is 4.79 Å². The van der Waals surface area contributed by atoms with Crippen LogP contribution in [-0.2, 0) is 9.59 Å². The number of hydrogen-bond donors (Lipinski definition) is 1. The van der Waals surface area contributed by atoms with Crippen molar-refractivity contribution in [1.82, 2.24) is 15.2 Å². The maximum absolute atomic E-state index is 13.0. The highest BCUT2D eigenvalue weighted by Crippen LogP contribution is 2.31. The number of thiophene rings is 1. The maximum Gasteiger partial charge on any atom is 0.293 e. The van der Waals surface area contributed by atoms with Crippen LogP contribution in [0.15, 0.2) is 71.2 Å². The molecule has 1 aromatic carbocycles. The van der Waals surface area contributed by atoms with Crippen LogP contribution in [0.3, 0.4) is 0 Å². The highest BCUT2D eigenvalue weighted by Gasteiger charge is 2.34. The summed E-state index contributed by atoms with van der Waals surface area (Å²) in [7, 11) is 0. The zero-order chi connectivity index (χ0) is 23.2. The summed E-state index contributed by atoms with van der Waals surface area (Å²) in [6.07, 6.45) is 6.77. The summed E-state index contributed by atoms with van der Waals surface area (Å²) in [5.74, 6) is -0.617. The SMILES string of the molecule is Cc1cccc(C=C(C(=O)NCCN2C(=O)SC(=Cc3cccnc3)C2=O)c2cccs2)c1. The Bertz CT molecular complexity index is 1230. The lowest BCUT2D eigenvalue weighted by Gasteiger charge is -2.14. The number of thioether (sulfide) groups is 1. The number of amides is 3. The van der Waals surface area contributed by atoms with Crippen LogP contribution in [0.1, 0.15) is 21.6 Å². The molecule has 166 valence electrons. The molecule has 1 saturated heterocycles. The third kappa shape index (κ3) is 5.66. The van der Waals surface area contributed by atoms with Crippen LogP contribution in [-0.4, -0.2) is 40.0 Å². The normalized spacial score (nSPS) is 15.4. The number of rotatable bonds is 7. The molecule has 1 aliphatic rings. The van der Waals surface area contributed by atoms with Crippen LogP contribution in [0, 0.1) is 6.92 Å². The minimum Gasteiger partial charge on any atom is -0.350 e. The smallest absolute Gasteiger partial charge is 0.293 e. The number of pyridine rings is 1. The zero-order valence-electron chi connectivity index (χ0n) is 17.9. The molecule has 1 aliphatic heterocycles.